The molecule has 1 fully saturated rings. The lowest BCUT2D eigenvalue weighted by Crippen LogP contribution is -2.43. The molecule has 0 aliphatic carbocycles. The van der Waals surface area contributed by atoms with Crippen LogP contribution >= 0.6 is 23.2 Å². The first-order valence-corrected chi connectivity index (χ1v) is 18.8. The van der Waals surface area contributed by atoms with E-state index in [4.69, 9.17) is 37.7 Å². The van der Waals surface area contributed by atoms with Crippen LogP contribution in [0.1, 0.15) is 51.9 Å². The van der Waals surface area contributed by atoms with E-state index in [0.717, 1.165) is 0 Å². The average Bonchev–Trinajstić information content (AvgIpc) is 3.75. The number of amides is 2. The SMILES string of the molecule is COc1nc(-c2cccc(-c3cccc(-c4cc5c(=O)n(C)c(CNC[C@H](C)O)nn5c4)c3Cl)c2Cl)ccc1CN(C[C@@H]1CCC(=O)N1)C(=O)OC(C)(C)C. The number of carbonyl (C=O) groups excluding carboxylic acids is 2. The van der Waals surface area contributed by atoms with Crippen molar-refractivity contribution < 1.29 is 24.2 Å². The maximum absolute atomic E-state index is 13.3. The summed E-state index contributed by atoms with van der Waals surface area (Å²) in [4.78, 5) is 44.8. The molecule has 6 rings (SSSR count). The van der Waals surface area contributed by atoms with Crippen LogP contribution in [-0.4, -0.2) is 79.1 Å². The monoisotopic (exact) mass is 789 g/mol. The van der Waals surface area contributed by atoms with Crippen molar-refractivity contribution in [2.24, 2.45) is 7.05 Å². The Balaban J connectivity index is 1.30. The molecule has 13 nitrogen and oxygen atoms in total. The van der Waals surface area contributed by atoms with Gasteiger partial charge in [0.2, 0.25) is 11.8 Å². The predicted molar refractivity (Wildman–Crippen MR) is 212 cm³/mol. The van der Waals surface area contributed by atoms with Gasteiger partial charge >= 0.3 is 6.09 Å². The first-order chi connectivity index (χ1) is 26.1. The Hall–Kier alpha value is -4.95. The van der Waals surface area contributed by atoms with Crippen molar-refractivity contribution in [2.45, 2.75) is 71.4 Å². The van der Waals surface area contributed by atoms with Crippen LogP contribution in [0.15, 0.2) is 65.6 Å². The van der Waals surface area contributed by atoms with E-state index in [0.29, 0.717) is 92.3 Å². The minimum absolute atomic E-state index is 0.0410. The highest BCUT2D eigenvalue weighted by Gasteiger charge is 2.29. The first-order valence-electron chi connectivity index (χ1n) is 18.0. The molecule has 0 radical (unpaired) electrons. The van der Waals surface area contributed by atoms with Crippen LogP contribution < -0.4 is 20.9 Å². The number of hydrogen-bond acceptors (Lipinski definition) is 9. The summed E-state index contributed by atoms with van der Waals surface area (Å²) in [5.41, 5.74) is 4.06. The Morgan fingerprint density at radius 1 is 1.07 bits per heavy atom. The van der Waals surface area contributed by atoms with Gasteiger partial charge < -0.3 is 30.1 Å². The van der Waals surface area contributed by atoms with Gasteiger partial charge in [0.15, 0.2) is 0 Å². The van der Waals surface area contributed by atoms with Crippen molar-refractivity contribution in [2.75, 3.05) is 20.2 Å². The van der Waals surface area contributed by atoms with Crippen LogP contribution in [0.2, 0.25) is 10.0 Å². The lowest BCUT2D eigenvalue weighted by Gasteiger charge is -2.29. The summed E-state index contributed by atoms with van der Waals surface area (Å²) in [5, 5.41) is 21.1. The van der Waals surface area contributed by atoms with Crippen LogP contribution in [0.5, 0.6) is 5.88 Å². The summed E-state index contributed by atoms with van der Waals surface area (Å²) in [6.07, 6.45) is 1.76. The van der Waals surface area contributed by atoms with E-state index in [-0.39, 0.29) is 30.6 Å². The maximum Gasteiger partial charge on any atom is 0.410 e. The summed E-state index contributed by atoms with van der Waals surface area (Å²) in [6.45, 7) is 8.18. The second kappa shape index (κ2) is 16.4. The highest BCUT2D eigenvalue weighted by atomic mass is 35.5. The molecule has 1 saturated heterocycles. The third-order valence-corrected chi connectivity index (χ3v) is 10.0. The van der Waals surface area contributed by atoms with Crippen LogP contribution in [-0.2, 0) is 29.7 Å². The number of carbonyl (C=O) groups is 2. The summed E-state index contributed by atoms with van der Waals surface area (Å²) in [5.74, 6) is 0.785. The number of pyridine rings is 1. The highest BCUT2D eigenvalue weighted by molar-refractivity contribution is 6.39. The number of nitrogens with zero attached hydrogens (tertiary/aromatic N) is 5. The minimum atomic E-state index is -0.709. The number of hydrogen-bond donors (Lipinski definition) is 3. The Labute approximate surface area is 329 Å². The molecule has 0 unspecified atom stereocenters. The third kappa shape index (κ3) is 8.97. The van der Waals surface area contributed by atoms with Gasteiger partial charge in [0.25, 0.3) is 5.56 Å². The topological polar surface area (TPSA) is 152 Å². The second-order valence-corrected chi connectivity index (χ2v) is 15.4. The van der Waals surface area contributed by atoms with Crippen molar-refractivity contribution in [3.05, 3.63) is 92.6 Å². The van der Waals surface area contributed by atoms with Gasteiger partial charge in [0, 0.05) is 72.2 Å². The molecule has 3 N–H and O–H groups in total. The Morgan fingerprint density at radius 3 is 2.38 bits per heavy atom. The highest BCUT2D eigenvalue weighted by Crippen LogP contribution is 2.42. The van der Waals surface area contributed by atoms with Crippen LogP contribution in [0.4, 0.5) is 4.79 Å². The van der Waals surface area contributed by atoms with Gasteiger partial charge in [-0.15, -0.1) is 0 Å². The Kier molecular flexibility index (Phi) is 11.9. The number of aliphatic hydroxyl groups excluding tert-OH is 1. The third-order valence-electron chi connectivity index (χ3n) is 9.20. The number of methoxy groups -OCH3 is 1. The number of ether oxygens (including phenoxy) is 2. The van der Waals surface area contributed by atoms with E-state index >= 15 is 0 Å². The first kappa shape index (κ1) is 39.7. The molecule has 2 amide bonds. The molecule has 4 heterocycles. The number of halogens is 2. The quantitative estimate of drug-likeness (QED) is 0.134. The zero-order chi connectivity index (χ0) is 39.6. The van der Waals surface area contributed by atoms with Gasteiger partial charge in [-0.3, -0.25) is 14.2 Å². The molecule has 290 valence electrons. The number of nitrogens with one attached hydrogen (secondary N) is 2. The number of benzene rings is 2. The van der Waals surface area contributed by atoms with Gasteiger partial charge in [0.1, 0.15) is 16.9 Å². The molecule has 5 aromatic rings. The number of fused-ring (bicyclic) bond motifs is 1. The van der Waals surface area contributed by atoms with Gasteiger partial charge in [0.05, 0.1) is 42.0 Å². The Bertz CT molecular complexity index is 2300. The summed E-state index contributed by atoms with van der Waals surface area (Å²) in [6, 6.07) is 16.5. The maximum atomic E-state index is 13.3. The number of aromatic nitrogens is 4. The van der Waals surface area contributed by atoms with Crippen molar-refractivity contribution in [3.63, 3.8) is 0 Å². The molecule has 1 aliphatic rings. The predicted octanol–water partition coefficient (Wildman–Crippen LogP) is 6.23. The molecule has 2 atom stereocenters. The van der Waals surface area contributed by atoms with Gasteiger partial charge in [-0.2, -0.15) is 5.10 Å². The molecule has 2 aromatic carbocycles. The van der Waals surface area contributed by atoms with Crippen LogP contribution in [0.3, 0.4) is 0 Å². The largest absolute Gasteiger partial charge is 0.481 e. The molecule has 0 spiro atoms. The van der Waals surface area contributed by atoms with Crippen molar-refractivity contribution in [3.8, 4) is 39.4 Å². The lowest BCUT2D eigenvalue weighted by molar-refractivity contribution is -0.119. The standard InChI is InChI=1S/C40H45Cl2N7O6/c1-23(50)18-43-19-33-46-49-21-25(17-32(49)38(52)47(33)5)27-9-7-10-28(35(27)41)29-11-8-12-30(36(29)42)31-15-13-24(37(45-31)54-6)20-48(39(53)55-40(2,3)4)22-26-14-16-34(51)44-26/h7-13,15,17,21,23,26,43,50H,14,16,18-20,22H2,1-6H3,(H,44,51)/t23-,26-/m0/s1. The van der Waals surface area contributed by atoms with E-state index in [1.807, 2.05) is 48.5 Å². The van der Waals surface area contributed by atoms with Crippen molar-refractivity contribution in [1.29, 1.82) is 0 Å². The normalized spacial score (nSPS) is 14.9. The zero-order valence-electron chi connectivity index (χ0n) is 31.7. The fourth-order valence-corrected chi connectivity index (χ4v) is 7.16. The van der Waals surface area contributed by atoms with Crippen molar-refractivity contribution in [1.82, 2.24) is 34.7 Å². The average molecular weight is 791 g/mol. The van der Waals surface area contributed by atoms with E-state index in [9.17, 15) is 19.5 Å². The van der Waals surface area contributed by atoms with Gasteiger partial charge in [-0.1, -0.05) is 59.6 Å². The van der Waals surface area contributed by atoms with Crippen LogP contribution in [0.25, 0.3) is 39.0 Å². The van der Waals surface area contributed by atoms with E-state index in [2.05, 4.69) is 15.7 Å². The molecule has 15 heteroatoms. The van der Waals surface area contributed by atoms with Crippen LogP contribution in [0, 0.1) is 0 Å². The molecule has 0 bridgehead atoms. The fourth-order valence-electron chi connectivity index (χ4n) is 6.50. The minimum Gasteiger partial charge on any atom is -0.481 e. The molecular weight excluding hydrogens is 745 g/mol. The van der Waals surface area contributed by atoms with Gasteiger partial charge in [-0.25, -0.2) is 14.3 Å². The molecular formula is C40H45Cl2N7O6. The van der Waals surface area contributed by atoms with Crippen molar-refractivity contribution >= 4 is 40.7 Å². The molecule has 55 heavy (non-hydrogen) atoms. The van der Waals surface area contributed by atoms with E-state index in [1.54, 1.807) is 56.4 Å². The summed E-state index contributed by atoms with van der Waals surface area (Å²) >= 11 is 14.3. The second-order valence-electron chi connectivity index (χ2n) is 14.7. The zero-order valence-corrected chi connectivity index (χ0v) is 33.2. The fraction of sp³-hybridized carbons (Fsp3) is 0.375. The number of aliphatic hydroxyl groups is 1. The molecule has 0 saturated carbocycles. The number of rotatable bonds is 12. The van der Waals surface area contributed by atoms with Gasteiger partial charge in [-0.05, 0) is 52.3 Å². The molecule has 1 aliphatic heterocycles. The Morgan fingerprint density at radius 2 is 1.75 bits per heavy atom. The summed E-state index contributed by atoms with van der Waals surface area (Å²) in [7, 11) is 3.18. The summed E-state index contributed by atoms with van der Waals surface area (Å²) < 4.78 is 14.5. The lowest BCUT2D eigenvalue weighted by atomic mass is 9.97. The van der Waals surface area contributed by atoms with E-state index in [1.165, 1.54) is 11.7 Å². The smallest absolute Gasteiger partial charge is 0.410 e. The van der Waals surface area contributed by atoms with E-state index < -0.39 is 17.8 Å². The molecule has 3 aromatic heterocycles.